The van der Waals surface area contributed by atoms with E-state index in [4.69, 9.17) is 14.0 Å². The summed E-state index contributed by atoms with van der Waals surface area (Å²) in [6.07, 6.45) is 6.75. The molecule has 2 fully saturated rings. The van der Waals surface area contributed by atoms with E-state index in [2.05, 4.69) is 15.1 Å². The minimum atomic E-state index is -0.419. The van der Waals surface area contributed by atoms with E-state index >= 15 is 0 Å². The van der Waals surface area contributed by atoms with Gasteiger partial charge >= 0.3 is 7.12 Å². The highest BCUT2D eigenvalue weighted by Crippen LogP contribution is 2.36. The Morgan fingerprint density at radius 3 is 2.48 bits per heavy atom. The maximum absolute atomic E-state index is 6.15. The van der Waals surface area contributed by atoms with E-state index in [1.165, 1.54) is 0 Å². The lowest BCUT2D eigenvalue weighted by Gasteiger charge is -2.32. The minimum absolute atomic E-state index is 0.0230. The van der Waals surface area contributed by atoms with Crippen molar-refractivity contribution in [2.24, 2.45) is 0 Å². The van der Waals surface area contributed by atoms with E-state index in [0.717, 1.165) is 42.6 Å². The summed E-state index contributed by atoms with van der Waals surface area (Å²) >= 11 is 0. The average molecular weight is 370 g/mol. The second-order valence-corrected chi connectivity index (χ2v) is 8.38. The van der Waals surface area contributed by atoms with Crippen molar-refractivity contribution in [1.82, 2.24) is 19.7 Å². The zero-order valence-corrected chi connectivity index (χ0v) is 16.7. The third kappa shape index (κ3) is 3.41. The van der Waals surface area contributed by atoms with Crippen molar-refractivity contribution < 1.29 is 14.0 Å². The summed E-state index contributed by atoms with van der Waals surface area (Å²) in [5.41, 5.74) is 1.98. The van der Waals surface area contributed by atoms with Crippen LogP contribution >= 0.6 is 0 Å². The maximum Gasteiger partial charge on any atom is 0.496 e. The molecule has 0 aromatic carbocycles. The molecule has 0 saturated carbocycles. The molecule has 0 radical (unpaired) electrons. The van der Waals surface area contributed by atoms with E-state index in [-0.39, 0.29) is 17.4 Å². The van der Waals surface area contributed by atoms with Crippen LogP contribution in [0.5, 0.6) is 0 Å². The lowest BCUT2D eigenvalue weighted by molar-refractivity contribution is -0.0395. The Kier molecular flexibility index (Phi) is 4.60. The summed E-state index contributed by atoms with van der Waals surface area (Å²) in [6, 6.07) is 1.99. The number of pyridine rings is 1. The van der Waals surface area contributed by atoms with Gasteiger partial charge in [-0.25, -0.2) is 9.67 Å². The van der Waals surface area contributed by atoms with Gasteiger partial charge in [0, 0.05) is 18.3 Å². The van der Waals surface area contributed by atoms with E-state index in [9.17, 15) is 0 Å². The third-order valence-corrected chi connectivity index (χ3v) is 5.85. The molecule has 27 heavy (non-hydrogen) atoms. The zero-order valence-electron chi connectivity index (χ0n) is 16.7. The molecule has 4 heterocycles. The van der Waals surface area contributed by atoms with Crippen LogP contribution in [0.15, 0.2) is 18.6 Å². The lowest BCUT2D eigenvalue weighted by Crippen LogP contribution is -2.41. The lowest BCUT2D eigenvalue weighted by atomic mass is 9.77. The van der Waals surface area contributed by atoms with Gasteiger partial charge in [-0.05, 0) is 65.5 Å². The monoisotopic (exact) mass is 370 g/mol. The van der Waals surface area contributed by atoms with Gasteiger partial charge in [0.1, 0.15) is 12.0 Å². The molecule has 2 aliphatic rings. The van der Waals surface area contributed by atoms with E-state index in [1.54, 1.807) is 11.0 Å². The molecule has 1 unspecified atom stereocenters. The Balaban J connectivity index is 1.55. The topological polar surface area (TPSA) is 71.3 Å². The van der Waals surface area contributed by atoms with Crippen LogP contribution in [0.4, 0.5) is 0 Å². The van der Waals surface area contributed by atoms with Gasteiger partial charge in [0.25, 0.3) is 0 Å². The van der Waals surface area contributed by atoms with Gasteiger partial charge in [-0.3, -0.25) is 4.98 Å². The molecule has 4 rings (SSSR count). The van der Waals surface area contributed by atoms with Crippen LogP contribution in [0.25, 0.3) is 11.5 Å². The Morgan fingerprint density at radius 1 is 1.11 bits per heavy atom. The van der Waals surface area contributed by atoms with Crippen molar-refractivity contribution in [2.75, 3.05) is 6.61 Å². The van der Waals surface area contributed by atoms with Crippen LogP contribution in [-0.2, 0) is 14.0 Å². The van der Waals surface area contributed by atoms with Crippen molar-refractivity contribution in [3.63, 3.8) is 0 Å². The average Bonchev–Trinajstić information content (AvgIpc) is 3.18. The third-order valence-electron chi connectivity index (χ3n) is 5.85. The second-order valence-electron chi connectivity index (χ2n) is 8.38. The molecule has 144 valence electrons. The first-order valence-electron chi connectivity index (χ1n) is 9.62. The first-order valence-corrected chi connectivity index (χ1v) is 9.62. The van der Waals surface area contributed by atoms with Crippen LogP contribution in [0.2, 0.25) is 0 Å². The Hall–Kier alpha value is -1.77. The van der Waals surface area contributed by atoms with Crippen LogP contribution in [0.1, 0.15) is 58.7 Å². The van der Waals surface area contributed by atoms with Gasteiger partial charge in [-0.2, -0.15) is 0 Å². The first-order chi connectivity index (χ1) is 12.8. The van der Waals surface area contributed by atoms with Crippen molar-refractivity contribution in [3.8, 4) is 11.5 Å². The van der Waals surface area contributed by atoms with E-state index in [1.807, 2.05) is 46.9 Å². The predicted octanol–water partition coefficient (Wildman–Crippen LogP) is 2.65. The molecule has 0 spiro atoms. The molecular formula is C19H27BN4O3. The normalized spacial score (nSPS) is 24.3. The van der Waals surface area contributed by atoms with Gasteiger partial charge in [0.2, 0.25) is 0 Å². The molecule has 2 aromatic rings. The fourth-order valence-corrected chi connectivity index (χ4v) is 3.37. The summed E-state index contributed by atoms with van der Waals surface area (Å²) < 4.78 is 19.9. The largest absolute Gasteiger partial charge is 0.496 e. The molecule has 8 heteroatoms. The molecular weight excluding hydrogens is 343 g/mol. The molecule has 2 aliphatic heterocycles. The molecule has 0 bridgehead atoms. The Labute approximate surface area is 160 Å². The standard InChI is InChI=1S/C19H27BN4O3/c1-13-10-15(17-22-12-24(23-17)16-8-6-7-9-25-16)21-11-14(13)20-26-18(2,3)19(4,5)27-20/h10-12,16H,6-9H2,1-5H3. The second kappa shape index (κ2) is 6.69. The maximum atomic E-state index is 6.15. The number of aromatic nitrogens is 4. The summed E-state index contributed by atoms with van der Waals surface area (Å²) in [7, 11) is -0.419. The van der Waals surface area contributed by atoms with Crippen molar-refractivity contribution in [1.29, 1.82) is 0 Å². The smallest absolute Gasteiger partial charge is 0.399 e. The van der Waals surface area contributed by atoms with Crippen molar-refractivity contribution in [3.05, 3.63) is 24.2 Å². The number of nitrogens with zero attached hydrogens (tertiary/aromatic N) is 4. The summed E-state index contributed by atoms with van der Waals surface area (Å²) in [6.45, 7) is 11.0. The highest BCUT2D eigenvalue weighted by atomic mass is 16.7. The SMILES string of the molecule is Cc1cc(-c2ncn(C3CCCCO3)n2)ncc1B1OC(C)(C)C(C)(C)O1. The highest BCUT2D eigenvalue weighted by Gasteiger charge is 2.52. The van der Waals surface area contributed by atoms with Gasteiger partial charge < -0.3 is 14.0 Å². The van der Waals surface area contributed by atoms with Gasteiger partial charge in [0.15, 0.2) is 12.1 Å². The highest BCUT2D eigenvalue weighted by molar-refractivity contribution is 6.62. The number of ether oxygens (including phenoxy) is 1. The predicted molar refractivity (Wildman–Crippen MR) is 103 cm³/mol. The molecule has 0 amide bonds. The molecule has 0 aliphatic carbocycles. The molecule has 2 saturated heterocycles. The number of rotatable bonds is 3. The molecule has 7 nitrogen and oxygen atoms in total. The van der Waals surface area contributed by atoms with E-state index < -0.39 is 7.12 Å². The van der Waals surface area contributed by atoms with Crippen molar-refractivity contribution >= 4 is 12.6 Å². The summed E-state index contributed by atoms with van der Waals surface area (Å²) in [5, 5.41) is 4.57. The van der Waals surface area contributed by atoms with Crippen LogP contribution < -0.4 is 5.46 Å². The fourth-order valence-electron chi connectivity index (χ4n) is 3.37. The molecule has 1 atom stereocenters. The quantitative estimate of drug-likeness (QED) is 0.774. The van der Waals surface area contributed by atoms with Gasteiger partial charge in [-0.15, -0.1) is 5.10 Å². The van der Waals surface area contributed by atoms with Crippen LogP contribution in [0, 0.1) is 6.92 Å². The Morgan fingerprint density at radius 2 is 1.85 bits per heavy atom. The van der Waals surface area contributed by atoms with Crippen molar-refractivity contribution in [2.45, 2.75) is 71.3 Å². The molecule has 0 N–H and O–H groups in total. The van der Waals surface area contributed by atoms with E-state index in [0.29, 0.717) is 5.82 Å². The van der Waals surface area contributed by atoms with Crippen LogP contribution in [0.3, 0.4) is 0 Å². The minimum Gasteiger partial charge on any atom is -0.399 e. The Bertz CT molecular complexity index is 814. The number of hydrogen-bond donors (Lipinski definition) is 0. The summed E-state index contributed by atoms with van der Waals surface area (Å²) in [5.74, 6) is 0.604. The molecule has 2 aromatic heterocycles. The number of aryl methyl sites for hydroxylation is 1. The summed E-state index contributed by atoms with van der Waals surface area (Å²) in [4.78, 5) is 8.99. The first kappa shape index (κ1) is 18.6. The fraction of sp³-hybridized carbons (Fsp3) is 0.632. The number of hydrogen-bond acceptors (Lipinski definition) is 6. The van der Waals surface area contributed by atoms with Gasteiger partial charge in [0.05, 0.1) is 11.2 Å². The van der Waals surface area contributed by atoms with Gasteiger partial charge in [-0.1, -0.05) is 0 Å². The van der Waals surface area contributed by atoms with Crippen LogP contribution in [-0.4, -0.2) is 44.7 Å². The zero-order chi connectivity index (χ0) is 19.2.